The van der Waals surface area contributed by atoms with E-state index < -0.39 is 5.97 Å². The minimum atomic E-state index is -0.800. The third-order valence-corrected chi connectivity index (χ3v) is 5.07. The zero-order valence-corrected chi connectivity index (χ0v) is 18.6. The summed E-state index contributed by atoms with van der Waals surface area (Å²) in [6.07, 6.45) is 7.98. The molecule has 0 aliphatic heterocycles. The predicted octanol–water partition coefficient (Wildman–Crippen LogP) is 5.28. The number of hydrogen-bond donors (Lipinski definition) is 1. The Morgan fingerprint density at radius 3 is 2.67 bits per heavy atom. The lowest BCUT2D eigenvalue weighted by atomic mass is 10.1. The summed E-state index contributed by atoms with van der Waals surface area (Å²) in [5, 5.41) is 13.4. The zero-order valence-electron chi connectivity index (χ0n) is 17.0. The van der Waals surface area contributed by atoms with Crippen LogP contribution < -0.4 is 0 Å². The smallest absolute Gasteiger partial charge is 0.303 e. The van der Waals surface area contributed by atoms with Gasteiger partial charge in [-0.2, -0.15) is 5.10 Å². The van der Waals surface area contributed by atoms with Crippen LogP contribution in [0.15, 0.2) is 28.3 Å². The Balaban J connectivity index is 2.84. The molecule has 1 rings (SSSR count). The Morgan fingerprint density at radius 2 is 2.07 bits per heavy atom. The average Bonchev–Trinajstić information content (AvgIpc) is 2.96. The van der Waals surface area contributed by atoms with Gasteiger partial charge in [0.05, 0.1) is 25.3 Å². The molecule has 0 fully saturated rings. The fourth-order valence-corrected chi connectivity index (χ4v) is 3.40. The van der Waals surface area contributed by atoms with Gasteiger partial charge in [-0.1, -0.05) is 55.6 Å². The van der Waals surface area contributed by atoms with Crippen LogP contribution in [0.2, 0.25) is 0 Å². The van der Waals surface area contributed by atoms with E-state index in [4.69, 9.17) is 9.84 Å². The molecular formula is C21H33BrN2O3. The lowest BCUT2D eigenvalue weighted by molar-refractivity contribution is -0.136. The quantitative estimate of drug-likeness (QED) is 0.423. The van der Waals surface area contributed by atoms with E-state index in [9.17, 15) is 4.79 Å². The summed E-state index contributed by atoms with van der Waals surface area (Å²) in [6, 6.07) is 1.96. The van der Waals surface area contributed by atoms with Crippen LogP contribution in [0.5, 0.6) is 0 Å². The highest BCUT2D eigenvalue weighted by molar-refractivity contribution is 9.11. The highest BCUT2D eigenvalue weighted by Crippen LogP contribution is 2.16. The first-order chi connectivity index (χ1) is 12.9. The van der Waals surface area contributed by atoms with Crippen molar-refractivity contribution in [1.82, 2.24) is 9.78 Å². The van der Waals surface area contributed by atoms with Crippen molar-refractivity contribution in [3.8, 4) is 0 Å². The molecule has 152 valence electrons. The van der Waals surface area contributed by atoms with Crippen molar-refractivity contribution < 1.29 is 14.6 Å². The zero-order chi connectivity index (χ0) is 20.2. The summed E-state index contributed by atoms with van der Waals surface area (Å²) in [4.78, 5) is 10.8. The summed E-state index contributed by atoms with van der Waals surface area (Å²) >= 11 is 3.60. The number of carbonyl (C=O) groups is 1. The molecule has 0 saturated heterocycles. The molecule has 0 aliphatic rings. The first-order valence-corrected chi connectivity index (χ1v) is 10.6. The Hall–Kier alpha value is -1.40. The second-order valence-corrected chi connectivity index (χ2v) is 7.74. The van der Waals surface area contributed by atoms with Crippen molar-refractivity contribution in [1.29, 1.82) is 0 Å². The van der Waals surface area contributed by atoms with Crippen molar-refractivity contribution in [3.63, 3.8) is 0 Å². The summed E-state index contributed by atoms with van der Waals surface area (Å²) in [5.74, 6) is -0.207. The number of nitrogens with zero attached hydrogens (tertiary/aromatic N) is 2. The highest BCUT2D eigenvalue weighted by atomic mass is 79.9. The number of carboxylic acids is 1. The standard InChI is InChI=1S/C21H33BrN2O3/c1-5-8-19(22)12-18(15-27-14-17(6-2)7-3)13-24-16(4)11-20(23-24)9-10-21(25)26/h8,11-12,17H,5-7,9-10,13-15H2,1-4H3,(H,25,26)/b18-12-,19-8+. The molecule has 0 radical (unpaired) electrons. The van der Waals surface area contributed by atoms with Crippen LogP contribution in [-0.2, 0) is 22.5 Å². The predicted molar refractivity (Wildman–Crippen MR) is 113 cm³/mol. The number of aliphatic carboxylic acids is 1. The van der Waals surface area contributed by atoms with Gasteiger partial charge in [0.1, 0.15) is 0 Å². The van der Waals surface area contributed by atoms with Crippen molar-refractivity contribution >= 4 is 21.9 Å². The molecule has 0 spiro atoms. The number of aromatic nitrogens is 2. The highest BCUT2D eigenvalue weighted by Gasteiger charge is 2.10. The SMILES string of the molecule is CC/C=C(Br)\C=C(/COCC(CC)CC)Cn1nc(CCC(=O)O)cc1C. The second-order valence-electron chi connectivity index (χ2n) is 6.83. The van der Waals surface area contributed by atoms with E-state index in [1.165, 1.54) is 0 Å². The maximum absolute atomic E-state index is 10.8. The van der Waals surface area contributed by atoms with Gasteiger partial charge in [-0.05, 0) is 37.0 Å². The molecule has 0 saturated carbocycles. The summed E-state index contributed by atoms with van der Waals surface area (Å²) < 4.78 is 8.95. The third kappa shape index (κ3) is 9.38. The maximum Gasteiger partial charge on any atom is 0.303 e. The van der Waals surface area contributed by atoms with Gasteiger partial charge in [0, 0.05) is 23.2 Å². The number of hydrogen-bond acceptors (Lipinski definition) is 3. The van der Waals surface area contributed by atoms with Crippen molar-refractivity contribution in [2.75, 3.05) is 13.2 Å². The lowest BCUT2D eigenvalue weighted by Crippen LogP contribution is -2.13. The monoisotopic (exact) mass is 440 g/mol. The normalized spacial score (nSPS) is 12.8. The van der Waals surface area contributed by atoms with E-state index >= 15 is 0 Å². The second kappa shape index (κ2) is 12.9. The number of allylic oxidation sites excluding steroid dienone is 3. The fraction of sp³-hybridized carbons (Fsp3) is 0.619. The number of aryl methyl sites for hydroxylation is 2. The van der Waals surface area contributed by atoms with Gasteiger partial charge in [-0.15, -0.1) is 0 Å². The maximum atomic E-state index is 10.8. The number of ether oxygens (including phenoxy) is 1. The Bertz CT molecular complexity index is 646. The Morgan fingerprint density at radius 1 is 1.37 bits per heavy atom. The van der Waals surface area contributed by atoms with Crippen LogP contribution in [0.4, 0.5) is 0 Å². The number of carboxylic acid groups (broad SMARTS) is 1. The van der Waals surface area contributed by atoms with E-state index in [0.29, 0.717) is 25.5 Å². The van der Waals surface area contributed by atoms with Crippen LogP contribution in [0.1, 0.15) is 57.8 Å². The largest absolute Gasteiger partial charge is 0.481 e. The van der Waals surface area contributed by atoms with Gasteiger partial charge >= 0.3 is 5.97 Å². The molecule has 27 heavy (non-hydrogen) atoms. The van der Waals surface area contributed by atoms with Crippen LogP contribution >= 0.6 is 15.9 Å². The average molecular weight is 441 g/mol. The van der Waals surface area contributed by atoms with E-state index in [0.717, 1.165) is 47.3 Å². The molecule has 0 amide bonds. The number of halogens is 1. The minimum absolute atomic E-state index is 0.0997. The molecule has 5 nitrogen and oxygen atoms in total. The van der Waals surface area contributed by atoms with E-state index in [1.807, 2.05) is 17.7 Å². The minimum Gasteiger partial charge on any atom is -0.481 e. The van der Waals surface area contributed by atoms with Crippen LogP contribution in [0.3, 0.4) is 0 Å². The fourth-order valence-electron chi connectivity index (χ4n) is 2.75. The molecule has 0 aliphatic carbocycles. The molecule has 1 aromatic rings. The Labute approximate surface area is 171 Å². The molecule has 6 heteroatoms. The summed E-state index contributed by atoms with van der Waals surface area (Å²) in [6.45, 7) is 10.5. The molecule has 0 bridgehead atoms. The summed E-state index contributed by atoms with van der Waals surface area (Å²) in [7, 11) is 0. The van der Waals surface area contributed by atoms with Gasteiger partial charge in [0.25, 0.3) is 0 Å². The van der Waals surface area contributed by atoms with Gasteiger partial charge < -0.3 is 9.84 Å². The van der Waals surface area contributed by atoms with Crippen LogP contribution in [0.25, 0.3) is 0 Å². The van der Waals surface area contributed by atoms with Gasteiger partial charge in [-0.3, -0.25) is 9.48 Å². The van der Waals surface area contributed by atoms with E-state index in [-0.39, 0.29) is 6.42 Å². The lowest BCUT2D eigenvalue weighted by Gasteiger charge is -2.15. The molecule has 0 unspecified atom stereocenters. The van der Waals surface area contributed by atoms with Crippen molar-refractivity contribution in [2.24, 2.45) is 5.92 Å². The molecule has 0 aromatic carbocycles. The molecule has 1 aromatic heterocycles. The van der Waals surface area contributed by atoms with Crippen LogP contribution in [0, 0.1) is 12.8 Å². The van der Waals surface area contributed by atoms with Gasteiger partial charge in [0.15, 0.2) is 0 Å². The third-order valence-electron chi connectivity index (χ3n) is 4.52. The van der Waals surface area contributed by atoms with E-state index in [1.54, 1.807) is 0 Å². The summed E-state index contributed by atoms with van der Waals surface area (Å²) in [5.41, 5.74) is 2.97. The Kier molecular flexibility index (Phi) is 11.3. The van der Waals surface area contributed by atoms with Gasteiger partial charge in [0.2, 0.25) is 0 Å². The van der Waals surface area contributed by atoms with E-state index in [2.05, 4.69) is 54.0 Å². The van der Waals surface area contributed by atoms with Crippen LogP contribution in [-0.4, -0.2) is 34.1 Å². The number of rotatable bonds is 13. The topological polar surface area (TPSA) is 64.4 Å². The molecule has 1 heterocycles. The first-order valence-electron chi connectivity index (χ1n) is 9.77. The molecule has 0 atom stereocenters. The van der Waals surface area contributed by atoms with Gasteiger partial charge in [-0.25, -0.2) is 0 Å². The molecule has 1 N–H and O–H groups in total. The first kappa shape index (κ1) is 23.6. The van der Waals surface area contributed by atoms with Crippen molar-refractivity contribution in [3.05, 3.63) is 39.7 Å². The van der Waals surface area contributed by atoms with Crippen molar-refractivity contribution in [2.45, 2.75) is 66.3 Å². The molecular weight excluding hydrogens is 408 g/mol.